The number of amides is 2. The van der Waals surface area contributed by atoms with E-state index in [4.69, 9.17) is 33.7 Å². The van der Waals surface area contributed by atoms with Gasteiger partial charge in [0.15, 0.2) is 6.61 Å². The van der Waals surface area contributed by atoms with E-state index in [0.717, 1.165) is 6.07 Å². The van der Waals surface area contributed by atoms with E-state index in [1.165, 1.54) is 30.3 Å². The Morgan fingerprint density at radius 2 is 1.78 bits per heavy atom. The Kier molecular flexibility index (Phi) is 5.41. The van der Waals surface area contributed by atoms with Gasteiger partial charge < -0.3 is 15.8 Å². The maximum atomic E-state index is 13.6. The van der Waals surface area contributed by atoms with Crippen LogP contribution < -0.4 is 15.8 Å². The molecule has 5 nitrogen and oxygen atoms in total. The normalized spacial score (nSPS) is 10.2. The van der Waals surface area contributed by atoms with Gasteiger partial charge in [-0.2, -0.15) is 0 Å². The highest BCUT2D eigenvalue weighted by Crippen LogP contribution is 2.23. The second-order valence-corrected chi connectivity index (χ2v) is 5.34. The van der Waals surface area contributed by atoms with Gasteiger partial charge in [0.2, 0.25) is 0 Å². The van der Waals surface area contributed by atoms with Crippen LogP contribution in [0.4, 0.5) is 10.1 Å². The van der Waals surface area contributed by atoms with Gasteiger partial charge in [-0.3, -0.25) is 9.59 Å². The number of anilines is 1. The van der Waals surface area contributed by atoms with Crippen molar-refractivity contribution in [1.29, 1.82) is 0 Å². The molecule has 0 fully saturated rings. The van der Waals surface area contributed by atoms with Crippen molar-refractivity contribution >= 4 is 40.7 Å². The first-order valence-electron chi connectivity index (χ1n) is 6.34. The predicted molar refractivity (Wildman–Crippen MR) is 85.5 cm³/mol. The van der Waals surface area contributed by atoms with Crippen LogP contribution in [0.5, 0.6) is 5.75 Å². The first-order valence-corrected chi connectivity index (χ1v) is 7.09. The number of nitrogens with one attached hydrogen (secondary N) is 1. The van der Waals surface area contributed by atoms with E-state index in [1.807, 2.05) is 0 Å². The third kappa shape index (κ3) is 4.58. The molecule has 2 aromatic rings. The van der Waals surface area contributed by atoms with Crippen molar-refractivity contribution in [2.24, 2.45) is 5.73 Å². The number of carbonyl (C=O) groups excluding carboxylic acids is 2. The van der Waals surface area contributed by atoms with Gasteiger partial charge in [-0.05, 0) is 36.4 Å². The Hall–Kier alpha value is -2.31. The molecule has 0 aliphatic carbocycles. The first-order chi connectivity index (χ1) is 10.9. The Labute approximate surface area is 141 Å². The van der Waals surface area contributed by atoms with Crippen molar-refractivity contribution in [3.05, 3.63) is 57.8 Å². The minimum atomic E-state index is -0.744. The smallest absolute Gasteiger partial charge is 0.262 e. The van der Waals surface area contributed by atoms with Crippen molar-refractivity contribution in [2.75, 3.05) is 11.9 Å². The zero-order valence-electron chi connectivity index (χ0n) is 11.6. The molecule has 0 aliphatic rings. The second-order valence-electron chi connectivity index (χ2n) is 4.47. The molecule has 0 unspecified atom stereocenters. The van der Waals surface area contributed by atoms with Crippen LogP contribution in [0.15, 0.2) is 36.4 Å². The van der Waals surface area contributed by atoms with Crippen LogP contribution in [0.3, 0.4) is 0 Å². The third-order valence-corrected chi connectivity index (χ3v) is 3.24. The summed E-state index contributed by atoms with van der Waals surface area (Å²) in [4.78, 5) is 23.1. The molecule has 0 spiro atoms. The maximum absolute atomic E-state index is 13.6. The van der Waals surface area contributed by atoms with E-state index in [2.05, 4.69) is 5.32 Å². The highest BCUT2D eigenvalue weighted by Gasteiger charge is 2.13. The van der Waals surface area contributed by atoms with Crippen molar-refractivity contribution in [2.45, 2.75) is 0 Å². The molecule has 0 saturated heterocycles. The monoisotopic (exact) mass is 356 g/mol. The van der Waals surface area contributed by atoms with Gasteiger partial charge in [0.1, 0.15) is 11.6 Å². The molecule has 2 amide bonds. The minimum Gasteiger partial charge on any atom is -0.483 e. The molecule has 2 aromatic carbocycles. The number of carbonyl (C=O) groups is 2. The summed E-state index contributed by atoms with van der Waals surface area (Å²) in [6.07, 6.45) is 0. The first kappa shape index (κ1) is 17.1. The summed E-state index contributed by atoms with van der Waals surface area (Å²) in [5.41, 5.74) is 5.22. The number of ether oxygens (including phenoxy) is 1. The fourth-order valence-corrected chi connectivity index (χ4v) is 2.07. The summed E-state index contributed by atoms with van der Waals surface area (Å²) >= 11 is 11.4. The lowest BCUT2D eigenvalue weighted by atomic mass is 10.2. The van der Waals surface area contributed by atoms with Gasteiger partial charge in [-0.15, -0.1) is 0 Å². The zero-order chi connectivity index (χ0) is 17.0. The van der Waals surface area contributed by atoms with E-state index in [-0.39, 0.29) is 22.0 Å². The Bertz CT molecular complexity index is 768. The highest BCUT2D eigenvalue weighted by molar-refractivity contribution is 6.31. The molecule has 0 aromatic heterocycles. The van der Waals surface area contributed by atoms with Gasteiger partial charge in [-0.25, -0.2) is 4.39 Å². The van der Waals surface area contributed by atoms with Crippen molar-refractivity contribution in [3.8, 4) is 5.75 Å². The standard InChI is InChI=1S/C15H11Cl2FN2O3/c16-8-2-4-13(10(5-8)15(19)22)23-7-14(21)20-12-3-1-9(17)6-11(12)18/h1-6H,7H2,(H2,19,22)(H,20,21). The van der Waals surface area contributed by atoms with Gasteiger partial charge in [-0.1, -0.05) is 23.2 Å². The number of hydrogen-bond donors (Lipinski definition) is 2. The fourth-order valence-electron chi connectivity index (χ4n) is 1.74. The van der Waals surface area contributed by atoms with Crippen LogP contribution in [0, 0.1) is 5.82 Å². The molecule has 0 bridgehead atoms. The van der Waals surface area contributed by atoms with Gasteiger partial charge in [0.05, 0.1) is 11.3 Å². The van der Waals surface area contributed by atoms with Crippen LogP contribution in [0.1, 0.15) is 10.4 Å². The predicted octanol–water partition coefficient (Wildman–Crippen LogP) is 3.25. The highest BCUT2D eigenvalue weighted by atomic mass is 35.5. The fraction of sp³-hybridized carbons (Fsp3) is 0.0667. The number of rotatable bonds is 5. The van der Waals surface area contributed by atoms with Gasteiger partial charge in [0, 0.05) is 10.0 Å². The van der Waals surface area contributed by atoms with E-state index < -0.39 is 24.2 Å². The number of primary amides is 1. The topological polar surface area (TPSA) is 81.4 Å². The van der Waals surface area contributed by atoms with Crippen LogP contribution in [-0.4, -0.2) is 18.4 Å². The van der Waals surface area contributed by atoms with Gasteiger partial charge >= 0.3 is 0 Å². The lowest BCUT2D eigenvalue weighted by Crippen LogP contribution is -2.22. The SMILES string of the molecule is NC(=O)c1cc(Cl)ccc1OCC(=O)Nc1ccc(Cl)cc1F. The van der Waals surface area contributed by atoms with Gasteiger partial charge in [0.25, 0.3) is 11.8 Å². The number of nitrogens with two attached hydrogens (primary N) is 1. The van der Waals surface area contributed by atoms with Crippen LogP contribution in [0.2, 0.25) is 10.0 Å². The molecule has 0 aliphatic heterocycles. The Morgan fingerprint density at radius 1 is 1.13 bits per heavy atom. The molecule has 8 heteroatoms. The summed E-state index contributed by atoms with van der Waals surface area (Å²) in [6, 6.07) is 8.06. The van der Waals surface area contributed by atoms with Crippen molar-refractivity contribution in [1.82, 2.24) is 0 Å². The Balaban J connectivity index is 2.03. The third-order valence-electron chi connectivity index (χ3n) is 2.77. The summed E-state index contributed by atoms with van der Waals surface area (Å²) in [5.74, 6) is -1.92. The molecule has 0 heterocycles. The molecule has 3 N–H and O–H groups in total. The minimum absolute atomic E-state index is 0.0331. The maximum Gasteiger partial charge on any atom is 0.262 e. The summed E-state index contributed by atoms with van der Waals surface area (Å²) in [7, 11) is 0. The van der Waals surface area contributed by atoms with Crippen molar-refractivity contribution in [3.63, 3.8) is 0 Å². The van der Waals surface area contributed by atoms with E-state index in [9.17, 15) is 14.0 Å². The number of hydrogen-bond acceptors (Lipinski definition) is 3. The average molecular weight is 357 g/mol. The summed E-state index contributed by atoms with van der Waals surface area (Å²) < 4.78 is 18.8. The molecule has 0 radical (unpaired) electrons. The number of benzene rings is 2. The van der Waals surface area contributed by atoms with Crippen LogP contribution in [0.25, 0.3) is 0 Å². The largest absolute Gasteiger partial charge is 0.483 e. The molecular formula is C15H11Cl2FN2O3. The zero-order valence-corrected chi connectivity index (χ0v) is 13.1. The molecule has 120 valence electrons. The molecular weight excluding hydrogens is 346 g/mol. The molecule has 23 heavy (non-hydrogen) atoms. The van der Waals surface area contributed by atoms with E-state index in [1.54, 1.807) is 0 Å². The Morgan fingerprint density at radius 3 is 2.43 bits per heavy atom. The quantitative estimate of drug-likeness (QED) is 0.862. The van der Waals surface area contributed by atoms with Crippen LogP contribution >= 0.6 is 23.2 Å². The van der Waals surface area contributed by atoms with E-state index in [0.29, 0.717) is 5.02 Å². The number of halogens is 3. The molecule has 2 rings (SSSR count). The van der Waals surface area contributed by atoms with Crippen molar-refractivity contribution < 1.29 is 18.7 Å². The molecule has 0 atom stereocenters. The molecule has 0 saturated carbocycles. The second kappa shape index (κ2) is 7.30. The summed E-state index contributed by atoms with van der Waals surface area (Å²) in [6.45, 7) is -0.440. The summed E-state index contributed by atoms with van der Waals surface area (Å²) in [5, 5.41) is 2.84. The lowest BCUT2D eigenvalue weighted by molar-refractivity contribution is -0.118. The average Bonchev–Trinajstić information content (AvgIpc) is 2.48. The lowest BCUT2D eigenvalue weighted by Gasteiger charge is -2.11. The van der Waals surface area contributed by atoms with Crippen LogP contribution in [-0.2, 0) is 4.79 Å². The van der Waals surface area contributed by atoms with E-state index >= 15 is 0 Å².